The van der Waals surface area contributed by atoms with Crippen molar-refractivity contribution < 1.29 is 67.1 Å². The second kappa shape index (κ2) is 56.7. The van der Waals surface area contributed by atoms with Crippen LogP contribution in [0.15, 0.2) is 0 Å². The van der Waals surface area contributed by atoms with Crippen LogP contribution in [-0.2, 0) is 43.5 Å². The number of hydrogen-bond acceptors (Lipinski definition) is 5. The van der Waals surface area contributed by atoms with Crippen LogP contribution in [0, 0.1) is 5.92 Å². The number of aliphatic carboxylic acids is 2. The fourth-order valence-corrected chi connectivity index (χ4v) is 24.6. The van der Waals surface area contributed by atoms with E-state index in [1.165, 1.54) is 456 Å². The van der Waals surface area contributed by atoms with Crippen molar-refractivity contribution in [3.05, 3.63) is 0 Å². The van der Waals surface area contributed by atoms with Crippen LogP contribution in [0.4, 0.5) is 0 Å². The number of nitrogens with zero attached hydrogens (tertiary/aromatic N) is 3. The zero-order valence-electron chi connectivity index (χ0n) is 71.1. The maximum atomic E-state index is 17.5. The quantitative estimate of drug-likeness (QED) is 0.0353. The van der Waals surface area contributed by atoms with Crippen molar-refractivity contribution in [3.8, 4) is 0 Å². The Balaban J connectivity index is 0.000000359. The molecule has 0 saturated heterocycles. The summed E-state index contributed by atoms with van der Waals surface area (Å²) in [6, 6.07) is 3.52. The van der Waals surface area contributed by atoms with Gasteiger partial charge in [0.2, 0.25) is 0 Å². The third-order valence-electron chi connectivity index (χ3n) is 30.0. The van der Waals surface area contributed by atoms with Crippen LogP contribution in [0.2, 0.25) is 0 Å². The summed E-state index contributed by atoms with van der Waals surface area (Å²) >= 11 is 0. The van der Waals surface area contributed by atoms with Gasteiger partial charge in [0.15, 0.2) is 0 Å². The predicted molar refractivity (Wildman–Crippen MR) is 445 cm³/mol. The molecule has 0 heterocycles. The molecule has 0 spiro atoms. The molecule has 9 fully saturated rings. The average Bonchev–Trinajstić information content (AvgIpc) is 0.732. The SMILES string of the molecule is CCCCCCCCCCCCCCCCCC(=O)O.CCCCCCCCCCCCCCCCCC(=O)O.O=C(CC(CC(=O)[N+](C1CCCCC1)(C1CCCCC1)C1CCCCC1)C(=O)[N+](C1CCCCC1)(C1CCCCC1)C1CCCCC1)[N+](C1CCCCC1)(C1CCCCC1)C1CCCCC1.[Zn+2]. The molecule has 0 bridgehead atoms. The Morgan fingerprint density at radius 3 is 0.542 bits per heavy atom. The van der Waals surface area contributed by atoms with Gasteiger partial charge in [0.05, 0.1) is 73.1 Å². The Labute approximate surface area is 674 Å². The first-order valence-electron chi connectivity index (χ1n) is 48.7. The standard InChI is InChI=1S/C60H104N3O3.2C18H36O2.Zn/c64-58(61(49-28-10-1-11-29-49,50-30-12-2-13-31-50)51-32-14-3-15-33-51)46-48(60(66)63(55-40-22-7-23-41-55,56-42-24-8-25-43-56)57-44-26-9-27-45-57)47-59(65)62(52-34-16-4-17-35-52,53-36-18-5-19-37-53)54-38-20-6-21-39-54;2*1-2-3-4-5-6-7-8-9-10-11-12-13-14-15-16-17-18(19)20;/h48-57H,1-47H2;2*2-17H2,1H3,(H,19,20);/q+3;;;+2. The molecule has 0 aromatic rings. The van der Waals surface area contributed by atoms with Gasteiger partial charge in [-0.3, -0.25) is 23.0 Å². The largest absolute Gasteiger partial charge is 2.00 e. The summed E-state index contributed by atoms with van der Waals surface area (Å²) < 4.78 is 2.14. The summed E-state index contributed by atoms with van der Waals surface area (Å²) in [7, 11) is 0. The molecule has 0 radical (unpaired) electrons. The van der Waals surface area contributed by atoms with E-state index in [2.05, 4.69) is 13.8 Å². The van der Waals surface area contributed by atoms with E-state index in [0.717, 1.165) is 34.6 Å². The molecule has 107 heavy (non-hydrogen) atoms. The number of carboxylic acid groups (broad SMARTS) is 2. The topological polar surface area (TPSA) is 126 Å². The van der Waals surface area contributed by atoms with Crippen molar-refractivity contribution in [1.29, 1.82) is 0 Å². The number of carboxylic acids is 2. The molecule has 9 aliphatic carbocycles. The molecule has 9 aliphatic rings. The minimum absolute atomic E-state index is 0. The van der Waals surface area contributed by atoms with Gasteiger partial charge in [-0.1, -0.05) is 251 Å². The summed E-state index contributed by atoms with van der Waals surface area (Å²) in [6.07, 6.45) is 96.7. The van der Waals surface area contributed by atoms with Crippen molar-refractivity contribution >= 4 is 29.7 Å². The number of unbranched alkanes of at least 4 members (excludes halogenated alkanes) is 28. The Morgan fingerprint density at radius 1 is 0.234 bits per heavy atom. The number of amides is 3. The third kappa shape index (κ3) is 30.9. The smallest absolute Gasteiger partial charge is 0.481 e. The van der Waals surface area contributed by atoms with Gasteiger partial charge in [0, 0.05) is 12.8 Å². The first kappa shape index (κ1) is 94.3. The fraction of sp³-hybridized carbons (Fsp3) is 0.948. The molecular formula is C96H176N3O7Zn+5. The van der Waals surface area contributed by atoms with Gasteiger partial charge in [-0.15, -0.1) is 0 Å². The zero-order valence-corrected chi connectivity index (χ0v) is 74.1. The molecule has 0 aliphatic heterocycles. The number of quaternary nitrogens is 3. The fourth-order valence-electron chi connectivity index (χ4n) is 24.6. The molecule has 0 aromatic carbocycles. The molecule has 3 amide bonds. The van der Waals surface area contributed by atoms with E-state index in [4.69, 9.17) is 10.2 Å². The van der Waals surface area contributed by atoms with Gasteiger partial charge in [-0.2, -0.15) is 0 Å². The summed E-state index contributed by atoms with van der Waals surface area (Å²) in [5.74, 6) is -0.402. The molecule has 614 valence electrons. The predicted octanol–water partition coefficient (Wildman–Crippen LogP) is 28.1. The van der Waals surface area contributed by atoms with Crippen LogP contribution in [0.3, 0.4) is 0 Å². The number of carbonyl (C=O) groups is 5. The van der Waals surface area contributed by atoms with Crippen molar-refractivity contribution in [2.75, 3.05) is 0 Å². The monoisotopic (exact) mass is 1550 g/mol. The van der Waals surface area contributed by atoms with Gasteiger partial charge in [-0.25, -0.2) is 14.4 Å². The van der Waals surface area contributed by atoms with E-state index in [1.807, 2.05) is 0 Å². The first-order chi connectivity index (χ1) is 52.1. The second-order valence-corrected chi connectivity index (χ2v) is 37.5. The molecule has 0 unspecified atom stereocenters. The van der Waals surface area contributed by atoms with Crippen LogP contribution in [-0.4, -0.2) is 108 Å². The van der Waals surface area contributed by atoms with Gasteiger partial charge >= 0.3 is 49.1 Å². The van der Waals surface area contributed by atoms with E-state index in [0.29, 0.717) is 102 Å². The van der Waals surface area contributed by atoms with Crippen LogP contribution in [0.5, 0.6) is 0 Å². The Kier molecular flexibility index (Phi) is 49.9. The van der Waals surface area contributed by atoms with E-state index in [-0.39, 0.29) is 19.5 Å². The molecule has 11 heteroatoms. The minimum Gasteiger partial charge on any atom is -0.481 e. The van der Waals surface area contributed by atoms with E-state index in [1.54, 1.807) is 0 Å². The Morgan fingerprint density at radius 2 is 0.383 bits per heavy atom. The molecular weight excluding hydrogens is 1370 g/mol. The maximum absolute atomic E-state index is 17.5. The molecule has 9 saturated carbocycles. The van der Waals surface area contributed by atoms with E-state index < -0.39 is 17.9 Å². The summed E-state index contributed by atoms with van der Waals surface area (Å²) in [4.78, 5) is 72.1. The summed E-state index contributed by atoms with van der Waals surface area (Å²) in [6.45, 7) is 4.54. The average molecular weight is 1550 g/mol. The third-order valence-corrected chi connectivity index (χ3v) is 30.0. The zero-order chi connectivity index (χ0) is 75.0. The van der Waals surface area contributed by atoms with Gasteiger partial charge in [0.1, 0.15) is 0 Å². The van der Waals surface area contributed by atoms with Gasteiger partial charge in [0.25, 0.3) is 0 Å². The van der Waals surface area contributed by atoms with Crippen LogP contribution < -0.4 is 0 Å². The van der Waals surface area contributed by atoms with Crippen LogP contribution >= 0.6 is 0 Å². The number of carbonyl (C=O) groups excluding carboxylic acids is 3. The van der Waals surface area contributed by atoms with Crippen molar-refractivity contribution in [3.63, 3.8) is 0 Å². The van der Waals surface area contributed by atoms with Crippen molar-refractivity contribution in [1.82, 2.24) is 0 Å². The van der Waals surface area contributed by atoms with Crippen molar-refractivity contribution in [2.24, 2.45) is 5.92 Å². The number of hydrogen-bond donors (Lipinski definition) is 2. The molecule has 0 aromatic heterocycles. The number of rotatable bonds is 46. The molecule has 9 rings (SSSR count). The molecule has 2 N–H and O–H groups in total. The Bertz CT molecular complexity index is 2020. The maximum Gasteiger partial charge on any atom is 2.00 e. The Hall–Kier alpha value is -1.55. The van der Waals surface area contributed by atoms with Crippen LogP contribution in [0.1, 0.15) is 521 Å². The van der Waals surface area contributed by atoms with E-state index >= 15 is 14.4 Å². The van der Waals surface area contributed by atoms with Crippen molar-refractivity contribution in [2.45, 2.75) is 575 Å². The molecule has 0 atom stereocenters. The molecule has 10 nitrogen and oxygen atoms in total. The van der Waals surface area contributed by atoms with Gasteiger partial charge < -0.3 is 10.2 Å². The summed E-state index contributed by atoms with van der Waals surface area (Å²) in [5.41, 5.74) is 0. The minimum atomic E-state index is -0.653. The first-order valence-corrected chi connectivity index (χ1v) is 48.7. The second-order valence-electron chi connectivity index (χ2n) is 37.5. The van der Waals surface area contributed by atoms with E-state index in [9.17, 15) is 9.59 Å². The van der Waals surface area contributed by atoms with Crippen LogP contribution in [0.25, 0.3) is 0 Å². The van der Waals surface area contributed by atoms with Gasteiger partial charge in [-0.05, 0) is 244 Å². The summed E-state index contributed by atoms with van der Waals surface area (Å²) in [5, 5.41) is 17.0. The normalized spacial score (nSPS) is 21.1.